The van der Waals surface area contributed by atoms with E-state index in [4.69, 9.17) is 19.4 Å². The Kier molecular flexibility index (Phi) is 5.35. The van der Waals surface area contributed by atoms with Crippen LogP contribution in [0.3, 0.4) is 0 Å². The number of aromatic nitrogens is 6. The maximum atomic E-state index is 5.48. The molecule has 0 saturated carbocycles. The number of hydrogen-bond acceptors (Lipinski definition) is 7. The van der Waals surface area contributed by atoms with E-state index in [2.05, 4.69) is 15.0 Å². The molecule has 0 saturated heterocycles. The fourth-order valence-corrected chi connectivity index (χ4v) is 3.62. The summed E-state index contributed by atoms with van der Waals surface area (Å²) in [5.41, 5.74) is 3.90. The first-order valence-electron chi connectivity index (χ1n) is 10.4. The second-order valence-corrected chi connectivity index (χ2v) is 7.53. The molecule has 166 valence electrons. The Morgan fingerprint density at radius 1 is 1.00 bits per heavy atom. The zero-order valence-corrected chi connectivity index (χ0v) is 18.6. The van der Waals surface area contributed by atoms with E-state index in [9.17, 15) is 0 Å². The molecule has 0 aliphatic rings. The fraction of sp³-hybridized carbons (Fsp3) is 0.167. The molecule has 1 aromatic carbocycles. The van der Waals surface area contributed by atoms with Gasteiger partial charge in [-0.3, -0.25) is 4.98 Å². The predicted molar refractivity (Wildman–Crippen MR) is 126 cm³/mol. The smallest absolute Gasteiger partial charge is 0.180 e. The molecule has 0 radical (unpaired) electrons. The van der Waals surface area contributed by atoms with E-state index >= 15 is 0 Å². The molecule has 1 N–H and O–H groups in total. The van der Waals surface area contributed by atoms with Gasteiger partial charge in [-0.1, -0.05) is 0 Å². The number of aromatic amines is 1. The SMILES string of the molecule is COc1cc(OC)cc(N(Cc2ncc[nH]2)c2ccc3ncc(-c4ccn(C)c4)nc3n2)c1. The van der Waals surface area contributed by atoms with Crippen molar-refractivity contribution in [3.63, 3.8) is 0 Å². The van der Waals surface area contributed by atoms with E-state index in [0.717, 1.165) is 28.3 Å². The molecule has 5 aromatic rings. The summed E-state index contributed by atoms with van der Waals surface area (Å²) in [4.78, 5) is 23.8. The zero-order valence-electron chi connectivity index (χ0n) is 18.6. The summed E-state index contributed by atoms with van der Waals surface area (Å²) < 4.78 is 12.9. The van der Waals surface area contributed by atoms with Gasteiger partial charge in [0.25, 0.3) is 0 Å². The van der Waals surface area contributed by atoms with Crippen LogP contribution in [-0.2, 0) is 13.6 Å². The number of benzene rings is 1. The molecule has 4 aromatic heterocycles. The van der Waals surface area contributed by atoms with Crippen LogP contribution in [0.25, 0.3) is 22.4 Å². The highest BCUT2D eigenvalue weighted by atomic mass is 16.5. The second kappa shape index (κ2) is 8.62. The van der Waals surface area contributed by atoms with E-state index in [1.165, 1.54) is 0 Å². The van der Waals surface area contributed by atoms with Crippen molar-refractivity contribution in [3.05, 3.63) is 73.2 Å². The minimum atomic E-state index is 0.466. The number of H-pyrrole nitrogens is 1. The summed E-state index contributed by atoms with van der Waals surface area (Å²) in [6.45, 7) is 0.466. The monoisotopic (exact) mass is 441 g/mol. The number of aryl methyl sites for hydroxylation is 1. The van der Waals surface area contributed by atoms with Crippen LogP contribution in [0.2, 0.25) is 0 Å². The third-order valence-corrected chi connectivity index (χ3v) is 5.31. The maximum Gasteiger partial charge on any atom is 0.180 e. The van der Waals surface area contributed by atoms with E-state index < -0.39 is 0 Å². The van der Waals surface area contributed by atoms with Crippen LogP contribution in [0, 0.1) is 0 Å². The summed E-state index contributed by atoms with van der Waals surface area (Å²) in [6.07, 6.45) is 9.28. The topological polar surface area (TPSA) is 94.0 Å². The predicted octanol–water partition coefficient (Wildman–Crippen LogP) is 4.11. The van der Waals surface area contributed by atoms with Crippen LogP contribution in [-0.4, -0.2) is 43.7 Å². The normalized spacial score (nSPS) is 11.0. The average molecular weight is 441 g/mol. The highest BCUT2D eigenvalue weighted by Crippen LogP contribution is 2.33. The molecule has 0 fully saturated rings. The molecular weight excluding hydrogens is 418 g/mol. The lowest BCUT2D eigenvalue weighted by molar-refractivity contribution is 0.394. The lowest BCUT2D eigenvalue weighted by Crippen LogP contribution is -2.19. The van der Waals surface area contributed by atoms with Gasteiger partial charge in [-0.2, -0.15) is 0 Å². The third-order valence-electron chi connectivity index (χ3n) is 5.31. The van der Waals surface area contributed by atoms with Gasteiger partial charge in [0.1, 0.15) is 28.7 Å². The Balaban J connectivity index is 1.61. The Bertz CT molecular complexity index is 1370. The van der Waals surface area contributed by atoms with Gasteiger partial charge in [0.15, 0.2) is 5.65 Å². The van der Waals surface area contributed by atoms with Gasteiger partial charge in [0.2, 0.25) is 0 Å². The first-order chi connectivity index (χ1) is 16.1. The van der Waals surface area contributed by atoms with Crippen LogP contribution >= 0.6 is 0 Å². The minimum Gasteiger partial charge on any atom is -0.497 e. The molecular formula is C24H23N7O2. The number of anilines is 2. The molecule has 9 heteroatoms. The molecule has 9 nitrogen and oxygen atoms in total. The van der Waals surface area contributed by atoms with Crippen LogP contribution in [0.15, 0.2) is 67.4 Å². The number of rotatable bonds is 7. The van der Waals surface area contributed by atoms with Gasteiger partial charge in [-0.05, 0) is 18.2 Å². The summed E-state index contributed by atoms with van der Waals surface area (Å²) in [7, 11) is 5.23. The summed E-state index contributed by atoms with van der Waals surface area (Å²) in [5, 5.41) is 0. The van der Waals surface area contributed by atoms with Crippen molar-refractivity contribution >= 4 is 22.7 Å². The molecule has 0 spiro atoms. The van der Waals surface area contributed by atoms with E-state index in [-0.39, 0.29) is 0 Å². The third kappa shape index (κ3) is 4.20. The van der Waals surface area contributed by atoms with Crippen molar-refractivity contribution in [1.29, 1.82) is 0 Å². The van der Waals surface area contributed by atoms with Gasteiger partial charge in [-0.25, -0.2) is 15.0 Å². The van der Waals surface area contributed by atoms with Crippen molar-refractivity contribution in [2.75, 3.05) is 19.1 Å². The highest BCUT2D eigenvalue weighted by Gasteiger charge is 2.17. The first-order valence-corrected chi connectivity index (χ1v) is 10.4. The van der Waals surface area contributed by atoms with Crippen LogP contribution < -0.4 is 14.4 Å². The molecule has 0 unspecified atom stereocenters. The molecule has 4 heterocycles. The Hall–Kier alpha value is -4.40. The van der Waals surface area contributed by atoms with Crippen molar-refractivity contribution in [3.8, 4) is 22.8 Å². The van der Waals surface area contributed by atoms with Crippen molar-refractivity contribution < 1.29 is 9.47 Å². The number of ether oxygens (including phenoxy) is 2. The number of nitrogens with one attached hydrogen (secondary N) is 1. The number of methoxy groups -OCH3 is 2. The molecule has 0 atom stereocenters. The molecule has 5 rings (SSSR count). The Labute approximate surface area is 190 Å². The van der Waals surface area contributed by atoms with Gasteiger partial charge in [0, 0.05) is 55.6 Å². The van der Waals surface area contributed by atoms with Gasteiger partial charge >= 0.3 is 0 Å². The molecule has 0 aliphatic carbocycles. The van der Waals surface area contributed by atoms with Crippen LogP contribution in [0.4, 0.5) is 11.5 Å². The van der Waals surface area contributed by atoms with Crippen molar-refractivity contribution in [1.82, 2.24) is 29.5 Å². The van der Waals surface area contributed by atoms with E-state index in [1.54, 1.807) is 32.8 Å². The standard InChI is InChI=1S/C24H23N7O2/c1-30-9-6-16(14-30)21-13-27-20-4-5-23(29-24(20)28-21)31(15-22-25-7-8-26-22)17-10-18(32-2)12-19(11-17)33-3/h4-14H,15H2,1-3H3,(H,25,26). The van der Waals surface area contributed by atoms with Gasteiger partial charge < -0.3 is 23.9 Å². The average Bonchev–Trinajstić information content (AvgIpc) is 3.53. The molecule has 33 heavy (non-hydrogen) atoms. The summed E-state index contributed by atoms with van der Waals surface area (Å²) >= 11 is 0. The minimum absolute atomic E-state index is 0.466. The summed E-state index contributed by atoms with van der Waals surface area (Å²) in [5.74, 6) is 2.86. The fourth-order valence-electron chi connectivity index (χ4n) is 3.62. The highest BCUT2D eigenvalue weighted by molar-refractivity contribution is 5.77. The van der Waals surface area contributed by atoms with Crippen LogP contribution in [0.1, 0.15) is 5.82 Å². The Morgan fingerprint density at radius 2 is 1.82 bits per heavy atom. The van der Waals surface area contributed by atoms with Gasteiger partial charge in [0.05, 0.1) is 38.3 Å². The largest absolute Gasteiger partial charge is 0.497 e. The van der Waals surface area contributed by atoms with Gasteiger partial charge in [-0.15, -0.1) is 0 Å². The van der Waals surface area contributed by atoms with Crippen molar-refractivity contribution in [2.24, 2.45) is 7.05 Å². The second-order valence-electron chi connectivity index (χ2n) is 7.53. The number of pyridine rings is 1. The number of hydrogen-bond donors (Lipinski definition) is 1. The van der Waals surface area contributed by atoms with E-state index in [1.807, 2.05) is 65.3 Å². The summed E-state index contributed by atoms with van der Waals surface area (Å²) in [6, 6.07) is 11.6. The lowest BCUT2D eigenvalue weighted by atomic mass is 10.2. The van der Waals surface area contributed by atoms with Crippen LogP contribution in [0.5, 0.6) is 11.5 Å². The maximum absolute atomic E-state index is 5.48. The number of nitrogens with zero attached hydrogens (tertiary/aromatic N) is 6. The zero-order chi connectivity index (χ0) is 22.8. The van der Waals surface area contributed by atoms with E-state index in [0.29, 0.717) is 29.5 Å². The molecule has 0 aliphatic heterocycles. The molecule has 0 amide bonds. The quantitative estimate of drug-likeness (QED) is 0.406. The Morgan fingerprint density at radius 3 is 2.48 bits per heavy atom. The number of fused-ring (bicyclic) bond motifs is 1. The first kappa shape index (κ1) is 20.5. The lowest BCUT2D eigenvalue weighted by Gasteiger charge is -2.24. The number of imidazole rings is 1. The van der Waals surface area contributed by atoms with Crippen molar-refractivity contribution in [2.45, 2.75) is 6.54 Å². The molecule has 0 bridgehead atoms.